The molecule has 1 aromatic rings. The van der Waals surface area contributed by atoms with Crippen molar-refractivity contribution in [2.45, 2.75) is 37.0 Å². The number of rotatable bonds is 3. The lowest BCUT2D eigenvalue weighted by Gasteiger charge is -2.20. The van der Waals surface area contributed by atoms with Gasteiger partial charge in [0.2, 0.25) is 0 Å². The van der Waals surface area contributed by atoms with Crippen molar-refractivity contribution in [3.8, 4) is 0 Å². The molecule has 0 saturated heterocycles. The summed E-state index contributed by atoms with van der Waals surface area (Å²) in [4.78, 5) is 1.43. The van der Waals surface area contributed by atoms with Crippen molar-refractivity contribution < 1.29 is 0 Å². The first-order chi connectivity index (χ1) is 6.95. The van der Waals surface area contributed by atoms with Crippen LogP contribution in [0.5, 0.6) is 0 Å². The van der Waals surface area contributed by atoms with E-state index in [2.05, 4.69) is 30.3 Å². The third-order valence-electron chi connectivity index (χ3n) is 2.95. The highest BCUT2D eigenvalue weighted by molar-refractivity contribution is 7.99. The second-order valence-electron chi connectivity index (χ2n) is 4.13. The van der Waals surface area contributed by atoms with Crippen LogP contribution in [0.2, 0.25) is 0 Å². The van der Waals surface area contributed by atoms with Gasteiger partial charge in [0.15, 0.2) is 0 Å². The van der Waals surface area contributed by atoms with E-state index in [0.29, 0.717) is 0 Å². The lowest BCUT2D eigenvalue weighted by molar-refractivity contribution is 0.391. The van der Waals surface area contributed by atoms with E-state index < -0.39 is 0 Å². The van der Waals surface area contributed by atoms with Crippen LogP contribution in [0.1, 0.15) is 32.1 Å². The molecule has 0 spiro atoms. The lowest BCUT2D eigenvalue weighted by atomic mass is 9.91. The molecule has 0 radical (unpaired) electrons. The molecule has 0 heterocycles. The standard InChI is InChI=1S/C13H18S/c1-3-7-12(8-4-1)11-14-13-9-5-2-6-10-13/h2,5-6,9-10,12H,1,3-4,7-8,11H2. The number of hydrogen-bond donors (Lipinski definition) is 0. The number of thioether (sulfide) groups is 1. The molecule has 76 valence electrons. The van der Waals surface area contributed by atoms with Crippen LogP contribution in [-0.2, 0) is 0 Å². The first-order valence-corrected chi connectivity index (χ1v) is 6.61. The van der Waals surface area contributed by atoms with Crippen LogP contribution in [0.25, 0.3) is 0 Å². The Hall–Kier alpha value is -0.430. The molecule has 0 unspecified atom stereocenters. The molecule has 0 bridgehead atoms. The molecule has 0 nitrogen and oxygen atoms in total. The molecule has 1 aliphatic rings. The van der Waals surface area contributed by atoms with Gasteiger partial charge in [-0.05, 0) is 30.9 Å². The third kappa shape index (κ3) is 3.06. The van der Waals surface area contributed by atoms with Crippen molar-refractivity contribution in [2.24, 2.45) is 5.92 Å². The van der Waals surface area contributed by atoms with Crippen molar-refractivity contribution in [1.82, 2.24) is 0 Å². The second kappa shape index (κ2) is 5.45. The molecule has 1 heteroatoms. The Morgan fingerprint density at radius 1 is 1.00 bits per heavy atom. The highest BCUT2D eigenvalue weighted by Gasteiger charge is 2.13. The average Bonchev–Trinajstić information content (AvgIpc) is 2.29. The summed E-state index contributed by atoms with van der Waals surface area (Å²) in [6.45, 7) is 0. The SMILES string of the molecule is c1ccc(SCC2CCCCC2)cc1. The highest BCUT2D eigenvalue weighted by atomic mass is 32.2. The minimum Gasteiger partial charge on any atom is -0.126 e. The summed E-state index contributed by atoms with van der Waals surface area (Å²) >= 11 is 2.03. The molecule has 1 aromatic carbocycles. The van der Waals surface area contributed by atoms with Crippen molar-refractivity contribution in [3.05, 3.63) is 30.3 Å². The molecular formula is C13H18S. The Kier molecular flexibility index (Phi) is 3.93. The van der Waals surface area contributed by atoms with Gasteiger partial charge < -0.3 is 0 Å². The fourth-order valence-corrected chi connectivity index (χ4v) is 3.20. The van der Waals surface area contributed by atoms with Gasteiger partial charge in [0.05, 0.1) is 0 Å². The van der Waals surface area contributed by atoms with Crippen LogP contribution in [0.15, 0.2) is 35.2 Å². The molecule has 0 aromatic heterocycles. The van der Waals surface area contributed by atoms with Crippen LogP contribution in [0, 0.1) is 5.92 Å². The van der Waals surface area contributed by atoms with Crippen molar-refractivity contribution >= 4 is 11.8 Å². The Morgan fingerprint density at radius 3 is 2.43 bits per heavy atom. The molecule has 0 amide bonds. The maximum absolute atomic E-state index is 2.22. The maximum Gasteiger partial charge on any atom is 0.00720 e. The van der Waals surface area contributed by atoms with Gasteiger partial charge in [0.25, 0.3) is 0 Å². The summed E-state index contributed by atoms with van der Waals surface area (Å²) in [7, 11) is 0. The Bertz CT molecular complexity index is 249. The molecule has 2 rings (SSSR count). The Morgan fingerprint density at radius 2 is 1.71 bits per heavy atom. The zero-order valence-corrected chi connectivity index (χ0v) is 9.43. The van der Waals surface area contributed by atoms with E-state index >= 15 is 0 Å². The summed E-state index contributed by atoms with van der Waals surface area (Å²) < 4.78 is 0. The molecule has 1 aliphatic carbocycles. The summed E-state index contributed by atoms with van der Waals surface area (Å²) in [5.41, 5.74) is 0. The zero-order chi connectivity index (χ0) is 9.64. The molecule has 1 saturated carbocycles. The molecule has 0 N–H and O–H groups in total. The second-order valence-corrected chi connectivity index (χ2v) is 5.22. The zero-order valence-electron chi connectivity index (χ0n) is 8.61. The van der Waals surface area contributed by atoms with Crippen LogP contribution >= 0.6 is 11.8 Å². The van der Waals surface area contributed by atoms with Gasteiger partial charge >= 0.3 is 0 Å². The van der Waals surface area contributed by atoms with E-state index in [1.807, 2.05) is 11.8 Å². The molecule has 0 atom stereocenters. The smallest absolute Gasteiger partial charge is 0.00720 e. The van der Waals surface area contributed by atoms with E-state index in [1.165, 1.54) is 42.8 Å². The van der Waals surface area contributed by atoms with Gasteiger partial charge in [-0.2, -0.15) is 0 Å². The summed E-state index contributed by atoms with van der Waals surface area (Å²) in [5, 5.41) is 0. The van der Waals surface area contributed by atoms with Crippen molar-refractivity contribution in [3.63, 3.8) is 0 Å². The summed E-state index contributed by atoms with van der Waals surface area (Å²) in [6.07, 6.45) is 7.30. The number of hydrogen-bond acceptors (Lipinski definition) is 1. The first-order valence-electron chi connectivity index (χ1n) is 5.63. The Labute approximate surface area is 91.1 Å². The Balaban J connectivity index is 1.76. The maximum atomic E-state index is 2.22. The van der Waals surface area contributed by atoms with E-state index in [0.717, 1.165) is 5.92 Å². The van der Waals surface area contributed by atoms with Gasteiger partial charge in [0, 0.05) is 10.6 Å². The van der Waals surface area contributed by atoms with Gasteiger partial charge in [-0.3, -0.25) is 0 Å². The minimum atomic E-state index is 0.981. The predicted octanol–water partition coefficient (Wildman–Crippen LogP) is 4.36. The van der Waals surface area contributed by atoms with E-state index in [1.54, 1.807) is 0 Å². The van der Waals surface area contributed by atoms with Crippen LogP contribution < -0.4 is 0 Å². The van der Waals surface area contributed by atoms with E-state index in [4.69, 9.17) is 0 Å². The largest absolute Gasteiger partial charge is 0.126 e. The van der Waals surface area contributed by atoms with Gasteiger partial charge in [0.1, 0.15) is 0 Å². The fourth-order valence-electron chi connectivity index (χ4n) is 2.08. The highest BCUT2D eigenvalue weighted by Crippen LogP contribution is 2.29. The van der Waals surface area contributed by atoms with Crippen LogP contribution in [-0.4, -0.2) is 5.75 Å². The van der Waals surface area contributed by atoms with Crippen LogP contribution in [0.3, 0.4) is 0 Å². The van der Waals surface area contributed by atoms with Gasteiger partial charge in [-0.15, -0.1) is 11.8 Å². The molecule has 1 fully saturated rings. The minimum absolute atomic E-state index is 0.981. The van der Waals surface area contributed by atoms with E-state index in [9.17, 15) is 0 Å². The van der Waals surface area contributed by atoms with Gasteiger partial charge in [-0.1, -0.05) is 37.5 Å². The van der Waals surface area contributed by atoms with Crippen LogP contribution in [0.4, 0.5) is 0 Å². The number of benzene rings is 1. The molecule has 0 aliphatic heterocycles. The molecule has 14 heavy (non-hydrogen) atoms. The fraction of sp³-hybridized carbons (Fsp3) is 0.538. The van der Waals surface area contributed by atoms with Crippen molar-refractivity contribution in [2.75, 3.05) is 5.75 Å². The van der Waals surface area contributed by atoms with Gasteiger partial charge in [-0.25, -0.2) is 0 Å². The average molecular weight is 206 g/mol. The topological polar surface area (TPSA) is 0 Å². The molecular weight excluding hydrogens is 188 g/mol. The lowest BCUT2D eigenvalue weighted by Crippen LogP contribution is -2.08. The summed E-state index contributed by atoms with van der Waals surface area (Å²) in [6, 6.07) is 10.8. The third-order valence-corrected chi connectivity index (χ3v) is 4.20. The quantitative estimate of drug-likeness (QED) is 0.662. The van der Waals surface area contributed by atoms with Crippen molar-refractivity contribution in [1.29, 1.82) is 0 Å². The van der Waals surface area contributed by atoms with E-state index in [-0.39, 0.29) is 0 Å². The summed E-state index contributed by atoms with van der Waals surface area (Å²) in [5.74, 6) is 2.30. The normalized spacial score (nSPS) is 18.3. The monoisotopic (exact) mass is 206 g/mol. The first kappa shape index (κ1) is 10.1. The predicted molar refractivity (Wildman–Crippen MR) is 63.7 cm³/mol.